The predicted molar refractivity (Wildman–Crippen MR) is 52.5 cm³/mol. The molecule has 1 heterocycles. The van der Waals surface area contributed by atoms with Crippen LogP contribution in [0.3, 0.4) is 0 Å². The number of aromatic nitrogens is 1. The molecule has 0 bridgehead atoms. The average Bonchev–Trinajstić information content (AvgIpc) is 2.14. The second-order valence-corrected chi connectivity index (χ2v) is 3.29. The summed E-state index contributed by atoms with van der Waals surface area (Å²) in [6.45, 7) is 2.38. The second-order valence-electron chi connectivity index (χ2n) is 2.48. The van der Waals surface area contributed by atoms with Gasteiger partial charge in [-0.3, -0.25) is 0 Å². The van der Waals surface area contributed by atoms with Crippen LogP contribution in [0, 0.1) is 0 Å². The molecule has 0 unspecified atom stereocenters. The van der Waals surface area contributed by atoms with Crippen LogP contribution >= 0.6 is 15.9 Å². The first-order chi connectivity index (χ1) is 6.24. The number of carbonyl (C=O) groups excluding carboxylic acids is 1. The zero-order valence-electron chi connectivity index (χ0n) is 7.29. The van der Waals surface area contributed by atoms with Gasteiger partial charge in [-0.05, 0) is 34.5 Å². The normalized spacial score (nSPS) is 9.69. The highest BCUT2D eigenvalue weighted by Gasteiger charge is 2.07. The van der Waals surface area contributed by atoms with Gasteiger partial charge in [-0.1, -0.05) is 13.0 Å². The summed E-state index contributed by atoms with van der Waals surface area (Å²) in [6, 6.07) is 5.14. The lowest BCUT2D eigenvalue weighted by Crippen LogP contribution is -2.07. The van der Waals surface area contributed by atoms with Gasteiger partial charge in [-0.2, -0.15) is 0 Å². The van der Waals surface area contributed by atoms with E-state index in [2.05, 4.69) is 20.9 Å². The molecule has 0 saturated heterocycles. The Labute approximate surface area is 85.3 Å². The molecule has 0 aliphatic heterocycles. The number of halogens is 1. The van der Waals surface area contributed by atoms with Crippen molar-refractivity contribution in [2.24, 2.45) is 0 Å². The Kier molecular flexibility index (Phi) is 3.89. The lowest BCUT2D eigenvalue weighted by Gasteiger charge is -2.01. The monoisotopic (exact) mass is 243 g/mol. The highest BCUT2D eigenvalue weighted by atomic mass is 79.9. The van der Waals surface area contributed by atoms with E-state index in [0.29, 0.717) is 16.9 Å². The molecule has 0 saturated carbocycles. The van der Waals surface area contributed by atoms with Gasteiger partial charge in [0.05, 0.1) is 6.61 Å². The fourth-order valence-electron chi connectivity index (χ4n) is 0.791. The summed E-state index contributed by atoms with van der Waals surface area (Å²) in [6.07, 6.45) is 0.819. The maximum atomic E-state index is 11.3. The molecule has 0 aliphatic rings. The molecule has 70 valence electrons. The molecule has 1 rings (SSSR count). The minimum atomic E-state index is -0.372. The van der Waals surface area contributed by atoms with Gasteiger partial charge in [-0.15, -0.1) is 0 Å². The van der Waals surface area contributed by atoms with E-state index in [1.54, 1.807) is 18.2 Å². The summed E-state index contributed by atoms with van der Waals surface area (Å²) in [5, 5.41) is 0. The Morgan fingerprint density at radius 2 is 2.38 bits per heavy atom. The predicted octanol–water partition coefficient (Wildman–Crippen LogP) is 2.41. The van der Waals surface area contributed by atoms with Crippen LogP contribution < -0.4 is 0 Å². The highest BCUT2D eigenvalue weighted by molar-refractivity contribution is 9.10. The van der Waals surface area contributed by atoms with Gasteiger partial charge in [0.25, 0.3) is 0 Å². The third kappa shape index (κ3) is 3.14. The SMILES string of the molecule is CCCOC(=O)c1cccc(Br)n1. The Balaban J connectivity index is 2.66. The zero-order chi connectivity index (χ0) is 9.68. The van der Waals surface area contributed by atoms with Crippen LogP contribution in [0.5, 0.6) is 0 Å². The first-order valence-electron chi connectivity index (χ1n) is 4.03. The lowest BCUT2D eigenvalue weighted by atomic mass is 10.3. The van der Waals surface area contributed by atoms with Gasteiger partial charge in [0.2, 0.25) is 0 Å². The van der Waals surface area contributed by atoms with Crippen LogP contribution in [0.2, 0.25) is 0 Å². The zero-order valence-corrected chi connectivity index (χ0v) is 8.87. The van der Waals surface area contributed by atoms with E-state index in [4.69, 9.17) is 4.74 Å². The number of ether oxygens (including phenoxy) is 1. The second kappa shape index (κ2) is 4.97. The molecule has 0 spiro atoms. The highest BCUT2D eigenvalue weighted by Crippen LogP contribution is 2.07. The molecule has 1 aromatic rings. The average molecular weight is 244 g/mol. The number of nitrogens with zero attached hydrogens (tertiary/aromatic N) is 1. The summed E-state index contributed by atoms with van der Waals surface area (Å²) in [5.74, 6) is -0.372. The number of hydrogen-bond donors (Lipinski definition) is 0. The van der Waals surface area contributed by atoms with Crippen molar-refractivity contribution in [3.05, 3.63) is 28.5 Å². The number of carbonyl (C=O) groups is 1. The van der Waals surface area contributed by atoms with E-state index in [1.165, 1.54) is 0 Å². The summed E-state index contributed by atoms with van der Waals surface area (Å²) in [7, 11) is 0. The van der Waals surface area contributed by atoms with Crippen molar-refractivity contribution in [1.82, 2.24) is 4.98 Å². The fraction of sp³-hybridized carbons (Fsp3) is 0.333. The molecule has 0 fully saturated rings. The largest absolute Gasteiger partial charge is 0.461 e. The topological polar surface area (TPSA) is 39.2 Å². The molecule has 0 atom stereocenters. The van der Waals surface area contributed by atoms with Crippen LogP contribution in [-0.2, 0) is 4.74 Å². The maximum absolute atomic E-state index is 11.3. The summed E-state index contributed by atoms with van der Waals surface area (Å²) < 4.78 is 5.55. The van der Waals surface area contributed by atoms with Crippen molar-refractivity contribution >= 4 is 21.9 Å². The van der Waals surface area contributed by atoms with Gasteiger partial charge in [-0.25, -0.2) is 9.78 Å². The molecule has 0 amide bonds. The fourth-order valence-corrected chi connectivity index (χ4v) is 1.13. The molecule has 1 aromatic heterocycles. The van der Waals surface area contributed by atoms with Gasteiger partial charge in [0.15, 0.2) is 0 Å². The molecule has 0 aromatic carbocycles. The molecule has 0 N–H and O–H groups in total. The molecule has 3 nitrogen and oxygen atoms in total. The van der Waals surface area contributed by atoms with Crippen molar-refractivity contribution in [2.75, 3.05) is 6.61 Å². The Bertz CT molecular complexity index is 301. The lowest BCUT2D eigenvalue weighted by molar-refractivity contribution is 0.0498. The minimum Gasteiger partial charge on any atom is -0.461 e. The first kappa shape index (κ1) is 10.2. The van der Waals surface area contributed by atoms with Gasteiger partial charge < -0.3 is 4.74 Å². The summed E-state index contributed by atoms with van der Waals surface area (Å²) in [5.41, 5.74) is 0.336. The van der Waals surface area contributed by atoms with E-state index in [0.717, 1.165) is 6.42 Å². The van der Waals surface area contributed by atoms with Crippen molar-refractivity contribution in [2.45, 2.75) is 13.3 Å². The molecular weight excluding hydrogens is 234 g/mol. The summed E-state index contributed by atoms with van der Waals surface area (Å²) in [4.78, 5) is 15.2. The van der Waals surface area contributed by atoms with Crippen LogP contribution in [0.15, 0.2) is 22.8 Å². The third-order valence-corrected chi connectivity index (χ3v) is 1.80. The van der Waals surface area contributed by atoms with Crippen LogP contribution in [0.1, 0.15) is 23.8 Å². The quantitative estimate of drug-likeness (QED) is 0.605. The van der Waals surface area contributed by atoms with Crippen molar-refractivity contribution in [3.8, 4) is 0 Å². The van der Waals surface area contributed by atoms with Crippen LogP contribution in [-0.4, -0.2) is 17.6 Å². The van der Waals surface area contributed by atoms with Crippen molar-refractivity contribution in [1.29, 1.82) is 0 Å². The smallest absolute Gasteiger partial charge is 0.356 e. The maximum Gasteiger partial charge on any atom is 0.356 e. The number of rotatable bonds is 3. The van der Waals surface area contributed by atoms with E-state index >= 15 is 0 Å². The summed E-state index contributed by atoms with van der Waals surface area (Å²) >= 11 is 3.18. The third-order valence-electron chi connectivity index (χ3n) is 1.36. The van der Waals surface area contributed by atoms with Crippen LogP contribution in [0.25, 0.3) is 0 Å². The molecule has 0 aliphatic carbocycles. The minimum absolute atomic E-state index is 0.336. The Hall–Kier alpha value is -0.900. The molecule has 13 heavy (non-hydrogen) atoms. The number of hydrogen-bond acceptors (Lipinski definition) is 3. The van der Waals surface area contributed by atoms with Crippen molar-refractivity contribution < 1.29 is 9.53 Å². The molecule has 4 heteroatoms. The molecule has 0 radical (unpaired) electrons. The van der Waals surface area contributed by atoms with E-state index < -0.39 is 0 Å². The van der Waals surface area contributed by atoms with Gasteiger partial charge >= 0.3 is 5.97 Å². The Morgan fingerprint density at radius 3 is 3.00 bits per heavy atom. The van der Waals surface area contributed by atoms with E-state index in [-0.39, 0.29) is 5.97 Å². The number of esters is 1. The first-order valence-corrected chi connectivity index (χ1v) is 4.83. The van der Waals surface area contributed by atoms with Gasteiger partial charge in [0, 0.05) is 0 Å². The number of pyridine rings is 1. The standard InChI is InChI=1S/C9H10BrNO2/c1-2-6-13-9(12)7-4-3-5-8(10)11-7/h3-5H,2,6H2,1H3. The van der Waals surface area contributed by atoms with Crippen LogP contribution in [0.4, 0.5) is 0 Å². The van der Waals surface area contributed by atoms with E-state index in [9.17, 15) is 4.79 Å². The van der Waals surface area contributed by atoms with Gasteiger partial charge in [0.1, 0.15) is 10.3 Å². The van der Waals surface area contributed by atoms with Crippen molar-refractivity contribution in [3.63, 3.8) is 0 Å². The van der Waals surface area contributed by atoms with E-state index in [1.807, 2.05) is 6.92 Å². The Morgan fingerprint density at radius 1 is 1.62 bits per heavy atom. The molecular formula is C9H10BrNO2.